The molecule has 1 fully saturated rings. The molecule has 1 aromatic rings. The van der Waals surface area contributed by atoms with E-state index < -0.39 is 0 Å². The number of ether oxygens (including phenoxy) is 1. The fourth-order valence-corrected chi connectivity index (χ4v) is 3.67. The van der Waals surface area contributed by atoms with Gasteiger partial charge in [0.25, 0.3) is 0 Å². The van der Waals surface area contributed by atoms with E-state index in [4.69, 9.17) is 4.74 Å². The van der Waals surface area contributed by atoms with Crippen molar-refractivity contribution in [3.05, 3.63) is 29.8 Å². The summed E-state index contributed by atoms with van der Waals surface area (Å²) in [4.78, 5) is 14.6. The zero-order valence-corrected chi connectivity index (χ0v) is 15.3. The second kappa shape index (κ2) is 8.92. The Morgan fingerprint density at radius 3 is 2.62 bits per heavy atom. The highest BCUT2D eigenvalue weighted by atomic mass is 16.5. The third-order valence-electron chi connectivity index (χ3n) is 4.49. The highest BCUT2D eigenvalue weighted by molar-refractivity contribution is 5.74. The average molecular weight is 333 g/mol. The first-order chi connectivity index (χ1) is 11.5. The summed E-state index contributed by atoms with van der Waals surface area (Å²) in [6, 6.07) is 7.71. The molecule has 1 aliphatic heterocycles. The van der Waals surface area contributed by atoms with E-state index in [0.717, 1.165) is 42.8 Å². The molecule has 24 heavy (non-hydrogen) atoms. The molecule has 1 aromatic carbocycles. The van der Waals surface area contributed by atoms with Crippen molar-refractivity contribution in [2.45, 2.75) is 39.8 Å². The summed E-state index contributed by atoms with van der Waals surface area (Å²) in [5.41, 5.74) is 0.974. The largest absolute Gasteiger partial charge is 0.496 e. The number of hydrogen-bond acceptors (Lipinski definition) is 3. The summed E-state index contributed by atoms with van der Waals surface area (Å²) in [5.74, 6) is 2.27. The second-order valence-electron chi connectivity index (χ2n) is 7.20. The summed E-state index contributed by atoms with van der Waals surface area (Å²) >= 11 is 0. The van der Waals surface area contributed by atoms with Crippen molar-refractivity contribution < 1.29 is 9.53 Å². The van der Waals surface area contributed by atoms with Crippen LogP contribution >= 0.6 is 0 Å². The van der Waals surface area contributed by atoms with E-state index in [1.54, 1.807) is 7.11 Å². The molecule has 0 saturated carbocycles. The summed E-state index contributed by atoms with van der Waals surface area (Å²) in [7, 11) is 1.64. The lowest BCUT2D eigenvalue weighted by atomic mass is 9.92. The second-order valence-corrected chi connectivity index (χ2v) is 7.20. The van der Waals surface area contributed by atoms with E-state index >= 15 is 0 Å². The van der Waals surface area contributed by atoms with Gasteiger partial charge in [0.2, 0.25) is 0 Å². The standard InChI is InChI=1S/C19H31N3O2/c1-14-9-15(2)12-22(11-14)13-16(3)21-19(23)20-10-17-7-5-6-8-18(17)24-4/h5-8,14-16H,9-13H2,1-4H3,(H2,20,21,23)/t14-,15-,16+/m0/s1. The topological polar surface area (TPSA) is 53.6 Å². The van der Waals surface area contributed by atoms with E-state index in [2.05, 4.69) is 36.3 Å². The van der Waals surface area contributed by atoms with Crippen molar-refractivity contribution in [2.24, 2.45) is 11.8 Å². The Labute approximate surface area is 145 Å². The molecule has 0 spiro atoms. The molecule has 1 aliphatic rings. The van der Waals surface area contributed by atoms with Gasteiger partial charge >= 0.3 is 6.03 Å². The van der Waals surface area contributed by atoms with Crippen LogP contribution in [0.15, 0.2) is 24.3 Å². The molecule has 0 aliphatic carbocycles. The van der Waals surface area contributed by atoms with Crippen molar-refractivity contribution >= 4 is 6.03 Å². The lowest BCUT2D eigenvalue weighted by Gasteiger charge is -2.36. The van der Waals surface area contributed by atoms with Gasteiger partial charge < -0.3 is 20.3 Å². The molecule has 1 saturated heterocycles. The Hall–Kier alpha value is -1.75. The van der Waals surface area contributed by atoms with Crippen LogP contribution < -0.4 is 15.4 Å². The fraction of sp³-hybridized carbons (Fsp3) is 0.632. The number of methoxy groups -OCH3 is 1. The number of urea groups is 1. The first kappa shape index (κ1) is 18.6. The van der Waals surface area contributed by atoms with Gasteiger partial charge in [0.05, 0.1) is 7.11 Å². The predicted molar refractivity (Wildman–Crippen MR) is 97.2 cm³/mol. The molecular formula is C19H31N3O2. The molecule has 2 amide bonds. The summed E-state index contributed by atoms with van der Waals surface area (Å²) in [5, 5.41) is 5.94. The lowest BCUT2D eigenvalue weighted by Crippen LogP contribution is -2.49. The van der Waals surface area contributed by atoms with Crippen molar-refractivity contribution in [2.75, 3.05) is 26.7 Å². The molecule has 1 heterocycles. The van der Waals surface area contributed by atoms with Crippen LogP contribution in [0.4, 0.5) is 4.79 Å². The van der Waals surface area contributed by atoms with Crippen LogP contribution in [0.2, 0.25) is 0 Å². The van der Waals surface area contributed by atoms with Crippen LogP contribution in [-0.4, -0.2) is 43.7 Å². The molecule has 0 bridgehead atoms. The summed E-state index contributed by atoms with van der Waals surface area (Å²) < 4.78 is 5.30. The zero-order chi connectivity index (χ0) is 17.5. The Kier molecular flexibility index (Phi) is 6.91. The normalized spacial score (nSPS) is 22.7. The average Bonchev–Trinajstić information content (AvgIpc) is 2.52. The number of nitrogens with one attached hydrogen (secondary N) is 2. The van der Waals surface area contributed by atoms with E-state index in [-0.39, 0.29) is 12.1 Å². The van der Waals surface area contributed by atoms with Crippen molar-refractivity contribution in [3.63, 3.8) is 0 Å². The number of para-hydroxylation sites is 1. The fourth-order valence-electron chi connectivity index (χ4n) is 3.67. The van der Waals surface area contributed by atoms with E-state index in [1.807, 2.05) is 24.3 Å². The number of amides is 2. The number of benzene rings is 1. The number of carbonyl (C=O) groups is 1. The van der Waals surface area contributed by atoms with Crippen molar-refractivity contribution in [3.8, 4) is 5.75 Å². The quantitative estimate of drug-likeness (QED) is 0.842. The number of hydrogen-bond donors (Lipinski definition) is 2. The highest BCUT2D eigenvalue weighted by Crippen LogP contribution is 2.21. The molecule has 2 rings (SSSR count). The van der Waals surface area contributed by atoms with Crippen LogP contribution in [0.25, 0.3) is 0 Å². The van der Waals surface area contributed by atoms with Gasteiger partial charge in [0.15, 0.2) is 0 Å². The van der Waals surface area contributed by atoms with Crippen LogP contribution in [0.5, 0.6) is 5.75 Å². The van der Waals surface area contributed by atoms with Crippen molar-refractivity contribution in [1.82, 2.24) is 15.5 Å². The molecule has 5 heteroatoms. The first-order valence-electron chi connectivity index (χ1n) is 8.86. The van der Waals surface area contributed by atoms with E-state index in [1.165, 1.54) is 6.42 Å². The highest BCUT2D eigenvalue weighted by Gasteiger charge is 2.23. The predicted octanol–water partition coefficient (Wildman–Crippen LogP) is 2.86. The lowest BCUT2D eigenvalue weighted by molar-refractivity contribution is 0.131. The van der Waals surface area contributed by atoms with Gasteiger partial charge in [-0.05, 0) is 31.2 Å². The molecule has 0 aromatic heterocycles. The van der Waals surface area contributed by atoms with Gasteiger partial charge in [0, 0.05) is 37.8 Å². The van der Waals surface area contributed by atoms with E-state index in [0.29, 0.717) is 6.54 Å². The number of nitrogens with zero attached hydrogens (tertiary/aromatic N) is 1. The van der Waals surface area contributed by atoms with Crippen LogP contribution in [-0.2, 0) is 6.54 Å². The smallest absolute Gasteiger partial charge is 0.315 e. The summed E-state index contributed by atoms with van der Waals surface area (Å²) in [6.45, 7) is 10.3. The Bertz CT molecular complexity index is 525. The molecule has 134 valence electrons. The third-order valence-corrected chi connectivity index (χ3v) is 4.49. The molecule has 0 unspecified atom stereocenters. The van der Waals surface area contributed by atoms with Gasteiger partial charge in [0.1, 0.15) is 5.75 Å². The molecule has 0 radical (unpaired) electrons. The summed E-state index contributed by atoms with van der Waals surface area (Å²) in [6.07, 6.45) is 1.30. The SMILES string of the molecule is COc1ccccc1CNC(=O)N[C@H](C)CN1C[C@@H](C)C[C@H](C)C1. The number of carbonyl (C=O) groups excluding carboxylic acids is 1. The van der Waals surface area contributed by atoms with Gasteiger partial charge in [-0.1, -0.05) is 32.0 Å². The van der Waals surface area contributed by atoms with Crippen LogP contribution in [0.1, 0.15) is 32.8 Å². The maximum absolute atomic E-state index is 12.1. The van der Waals surface area contributed by atoms with E-state index in [9.17, 15) is 4.79 Å². The minimum absolute atomic E-state index is 0.125. The van der Waals surface area contributed by atoms with Gasteiger partial charge in [-0.15, -0.1) is 0 Å². The molecular weight excluding hydrogens is 302 g/mol. The molecule has 3 atom stereocenters. The zero-order valence-electron chi connectivity index (χ0n) is 15.3. The van der Waals surface area contributed by atoms with Gasteiger partial charge in [-0.3, -0.25) is 0 Å². The molecule has 5 nitrogen and oxygen atoms in total. The van der Waals surface area contributed by atoms with Gasteiger partial charge in [-0.25, -0.2) is 4.79 Å². The van der Waals surface area contributed by atoms with Crippen molar-refractivity contribution in [1.29, 1.82) is 0 Å². The Morgan fingerprint density at radius 1 is 1.29 bits per heavy atom. The Balaban J connectivity index is 1.75. The first-order valence-corrected chi connectivity index (χ1v) is 8.86. The van der Waals surface area contributed by atoms with Gasteiger partial charge in [-0.2, -0.15) is 0 Å². The Morgan fingerprint density at radius 2 is 1.96 bits per heavy atom. The maximum atomic E-state index is 12.1. The molecule has 2 N–H and O–H groups in total. The minimum Gasteiger partial charge on any atom is -0.496 e. The monoisotopic (exact) mass is 333 g/mol. The van der Waals surface area contributed by atoms with Crippen LogP contribution in [0, 0.1) is 11.8 Å². The number of likely N-dealkylation sites (tertiary alicyclic amines) is 1. The minimum atomic E-state index is -0.133. The third kappa shape index (κ3) is 5.71. The number of piperidine rings is 1. The number of rotatable bonds is 6. The van der Waals surface area contributed by atoms with Crippen LogP contribution in [0.3, 0.4) is 0 Å². The maximum Gasteiger partial charge on any atom is 0.315 e.